The summed E-state index contributed by atoms with van der Waals surface area (Å²) in [7, 11) is 0. The summed E-state index contributed by atoms with van der Waals surface area (Å²) in [5, 5.41) is 12.7. The van der Waals surface area contributed by atoms with Crippen molar-refractivity contribution < 1.29 is 14.7 Å². The molecule has 8 heteroatoms. The van der Waals surface area contributed by atoms with Gasteiger partial charge < -0.3 is 10.4 Å². The summed E-state index contributed by atoms with van der Waals surface area (Å²) in [4.78, 5) is 44.9. The number of thiophene rings is 1. The first-order valence-corrected chi connectivity index (χ1v) is 12.9. The number of nitrogens with zero attached hydrogens (tertiary/aromatic N) is 2. The highest BCUT2D eigenvalue weighted by molar-refractivity contribution is 7.15. The fourth-order valence-corrected chi connectivity index (χ4v) is 6.17. The zero-order chi connectivity index (χ0) is 24.1. The highest BCUT2D eigenvalue weighted by Gasteiger charge is 2.28. The molecule has 0 aliphatic heterocycles. The van der Waals surface area contributed by atoms with Gasteiger partial charge in [0, 0.05) is 22.0 Å². The molecule has 1 amide bonds. The molecule has 0 bridgehead atoms. The third-order valence-corrected chi connectivity index (χ3v) is 8.48. The van der Waals surface area contributed by atoms with Gasteiger partial charge in [0.05, 0.1) is 22.4 Å². The Morgan fingerprint density at radius 3 is 2.57 bits per heavy atom. The van der Waals surface area contributed by atoms with Crippen molar-refractivity contribution in [2.45, 2.75) is 50.5 Å². The second kappa shape index (κ2) is 8.61. The lowest BCUT2D eigenvalue weighted by Crippen LogP contribution is -2.39. The normalized spacial score (nSPS) is 20.2. The first-order valence-electron chi connectivity index (χ1n) is 12.1. The smallest absolute Gasteiger partial charge is 0.306 e. The number of pyridine rings is 1. The number of nitrogens with one attached hydrogen (secondary N) is 1. The van der Waals surface area contributed by atoms with E-state index in [1.165, 1.54) is 22.1 Å². The van der Waals surface area contributed by atoms with Crippen molar-refractivity contribution in [3.05, 3.63) is 69.5 Å². The number of aromatic nitrogens is 2. The number of carboxylic acids is 1. The lowest BCUT2D eigenvalue weighted by Gasteiger charge is -2.26. The standard InChI is InChI=1S/C27H25N3O4S/c31-25(28-18-8-5-16(6-9-18)27(33)34)19-2-1-13-30-24(19)29-21-10-7-17(14-20(21)26(30)32)23-12-11-22(35-23)15-3-4-15/h1-2,7,10-16,18H,3-6,8-9H2,(H,28,31)(H,33,34). The molecule has 3 aromatic heterocycles. The summed E-state index contributed by atoms with van der Waals surface area (Å²) < 4.78 is 1.44. The van der Waals surface area contributed by atoms with E-state index in [4.69, 9.17) is 4.98 Å². The molecule has 2 N–H and O–H groups in total. The Balaban J connectivity index is 1.31. The molecule has 0 spiro atoms. The largest absolute Gasteiger partial charge is 0.481 e. The van der Waals surface area contributed by atoms with Crippen molar-refractivity contribution in [3.63, 3.8) is 0 Å². The van der Waals surface area contributed by atoms with Gasteiger partial charge in [0.2, 0.25) is 0 Å². The predicted octanol–water partition coefficient (Wildman–Crippen LogP) is 4.83. The fourth-order valence-electron chi connectivity index (χ4n) is 5.00. The molecule has 1 aromatic carbocycles. The van der Waals surface area contributed by atoms with Crippen LogP contribution in [0.4, 0.5) is 0 Å². The number of carboxylic acid groups (broad SMARTS) is 1. The maximum Gasteiger partial charge on any atom is 0.306 e. The number of fused-ring (bicyclic) bond motifs is 2. The van der Waals surface area contributed by atoms with Crippen LogP contribution in [0.15, 0.2) is 53.5 Å². The number of hydrogen-bond acceptors (Lipinski definition) is 5. The second-order valence-electron chi connectivity index (χ2n) is 9.60. The van der Waals surface area contributed by atoms with Crippen LogP contribution in [-0.2, 0) is 4.79 Å². The molecule has 2 aliphatic rings. The predicted molar refractivity (Wildman–Crippen MR) is 135 cm³/mol. The van der Waals surface area contributed by atoms with Crippen LogP contribution >= 0.6 is 11.3 Å². The van der Waals surface area contributed by atoms with E-state index in [-0.39, 0.29) is 23.4 Å². The minimum atomic E-state index is -0.773. The SMILES string of the molecule is O=C(NC1CCC(C(=O)O)CC1)c1cccn2c(=O)c3cc(-c4ccc(C5CC5)s4)ccc3nc12. The van der Waals surface area contributed by atoms with Gasteiger partial charge in [0.15, 0.2) is 5.65 Å². The molecular formula is C27H25N3O4S. The zero-order valence-electron chi connectivity index (χ0n) is 19.1. The fraction of sp³-hybridized carbons (Fsp3) is 0.333. The molecular weight excluding hydrogens is 462 g/mol. The highest BCUT2D eigenvalue weighted by atomic mass is 32.1. The molecule has 35 heavy (non-hydrogen) atoms. The third kappa shape index (κ3) is 4.12. The highest BCUT2D eigenvalue weighted by Crippen LogP contribution is 2.45. The van der Waals surface area contributed by atoms with Gasteiger partial charge in [-0.15, -0.1) is 11.3 Å². The Bertz CT molecular complexity index is 1530. The molecule has 2 saturated carbocycles. The van der Waals surface area contributed by atoms with E-state index >= 15 is 0 Å². The molecule has 0 unspecified atom stereocenters. The molecule has 3 heterocycles. The van der Waals surface area contributed by atoms with Gasteiger partial charge in [-0.3, -0.25) is 18.8 Å². The Morgan fingerprint density at radius 2 is 1.83 bits per heavy atom. The zero-order valence-corrected chi connectivity index (χ0v) is 19.9. The van der Waals surface area contributed by atoms with E-state index in [0.717, 1.165) is 10.4 Å². The molecule has 0 saturated heterocycles. The Kier molecular flexibility index (Phi) is 5.40. The number of benzene rings is 1. The third-order valence-electron chi connectivity index (χ3n) is 7.19. The Hall–Kier alpha value is -3.52. The Morgan fingerprint density at radius 1 is 1.03 bits per heavy atom. The van der Waals surface area contributed by atoms with Crippen molar-refractivity contribution in [2.24, 2.45) is 5.92 Å². The molecule has 178 valence electrons. The second-order valence-corrected chi connectivity index (χ2v) is 10.7. The van der Waals surface area contributed by atoms with Crippen molar-refractivity contribution in [2.75, 3.05) is 0 Å². The molecule has 2 fully saturated rings. The summed E-state index contributed by atoms with van der Waals surface area (Å²) in [5.74, 6) is -0.713. The topological polar surface area (TPSA) is 101 Å². The maximum absolute atomic E-state index is 13.4. The lowest BCUT2D eigenvalue weighted by molar-refractivity contribution is -0.142. The monoisotopic (exact) mass is 487 g/mol. The van der Waals surface area contributed by atoms with Gasteiger partial charge in [0.1, 0.15) is 0 Å². The van der Waals surface area contributed by atoms with Gasteiger partial charge >= 0.3 is 5.97 Å². The van der Waals surface area contributed by atoms with Crippen molar-refractivity contribution in [1.29, 1.82) is 0 Å². The van der Waals surface area contributed by atoms with Gasteiger partial charge in [-0.1, -0.05) is 6.07 Å². The van der Waals surface area contributed by atoms with Crippen LogP contribution < -0.4 is 10.9 Å². The van der Waals surface area contributed by atoms with Crippen molar-refractivity contribution in [3.8, 4) is 10.4 Å². The van der Waals surface area contributed by atoms with Crippen LogP contribution in [0.25, 0.3) is 27.0 Å². The molecule has 6 rings (SSSR count). The first kappa shape index (κ1) is 22.0. The van der Waals surface area contributed by atoms with Gasteiger partial charge in [-0.25, -0.2) is 4.98 Å². The van der Waals surface area contributed by atoms with Crippen LogP contribution in [0.2, 0.25) is 0 Å². The van der Waals surface area contributed by atoms with Crippen LogP contribution in [-0.4, -0.2) is 32.4 Å². The number of aliphatic carboxylic acids is 1. The van der Waals surface area contributed by atoms with E-state index < -0.39 is 5.97 Å². The Labute approximate surface area is 205 Å². The summed E-state index contributed by atoms with van der Waals surface area (Å²) in [6.45, 7) is 0. The number of carbonyl (C=O) groups excluding carboxylic acids is 1. The molecule has 4 aromatic rings. The van der Waals surface area contributed by atoms with Gasteiger partial charge in [-0.05, 0) is 86.4 Å². The van der Waals surface area contributed by atoms with E-state index in [1.807, 2.05) is 18.2 Å². The van der Waals surface area contributed by atoms with Crippen LogP contribution in [0, 0.1) is 5.92 Å². The molecule has 7 nitrogen and oxygen atoms in total. The quantitative estimate of drug-likeness (QED) is 0.393. The van der Waals surface area contributed by atoms with E-state index in [2.05, 4.69) is 17.4 Å². The van der Waals surface area contributed by atoms with E-state index in [9.17, 15) is 19.5 Å². The van der Waals surface area contributed by atoms with Crippen LogP contribution in [0.1, 0.15) is 59.7 Å². The van der Waals surface area contributed by atoms with E-state index in [0.29, 0.717) is 53.7 Å². The summed E-state index contributed by atoms with van der Waals surface area (Å²) in [5.41, 5.74) is 2.01. The molecule has 0 radical (unpaired) electrons. The number of carbonyl (C=O) groups is 2. The van der Waals surface area contributed by atoms with Crippen LogP contribution in [0.5, 0.6) is 0 Å². The number of amides is 1. The average Bonchev–Trinajstić information content (AvgIpc) is 3.60. The molecule has 2 aliphatic carbocycles. The van der Waals surface area contributed by atoms with Crippen LogP contribution in [0.3, 0.4) is 0 Å². The van der Waals surface area contributed by atoms with Crippen molar-refractivity contribution in [1.82, 2.24) is 14.7 Å². The molecule has 0 atom stereocenters. The lowest BCUT2D eigenvalue weighted by atomic mass is 9.86. The summed E-state index contributed by atoms with van der Waals surface area (Å²) in [6.07, 6.45) is 6.50. The van der Waals surface area contributed by atoms with Crippen molar-refractivity contribution >= 4 is 39.8 Å². The minimum absolute atomic E-state index is 0.0839. The summed E-state index contributed by atoms with van der Waals surface area (Å²) in [6, 6.07) is 13.3. The maximum atomic E-state index is 13.4. The minimum Gasteiger partial charge on any atom is -0.481 e. The summed E-state index contributed by atoms with van der Waals surface area (Å²) >= 11 is 1.78. The number of hydrogen-bond donors (Lipinski definition) is 2. The van der Waals surface area contributed by atoms with Gasteiger partial charge in [0.25, 0.3) is 11.5 Å². The number of rotatable bonds is 5. The van der Waals surface area contributed by atoms with E-state index in [1.54, 1.807) is 29.7 Å². The van der Waals surface area contributed by atoms with Gasteiger partial charge in [-0.2, -0.15) is 0 Å². The first-order chi connectivity index (χ1) is 17.0. The average molecular weight is 488 g/mol.